The average Bonchev–Trinajstić information content (AvgIpc) is 3.27. The fourth-order valence-electron chi connectivity index (χ4n) is 2.51. The zero-order chi connectivity index (χ0) is 16.1. The molecule has 4 nitrogen and oxygen atoms in total. The van der Waals surface area contributed by atoms with Crippen molar-refractivity contribution in [3.8, 4) is 0 Å². The Morgan fingerprint density at radius 3 is 2.55 bits per heavy atom. The lowest BCUT2D eigenvalue weighted by Crippen LogP contribution is -2.36. The number of aliphatic hydroxyl groups is 1. The predicted molar refractivity (Wildman–Crippen MR) is 89.3 cm³/mol. The van der Waals surface area contributed by atoms with Crippen LogP contribution in [0.4, 0.5) is 0 Å². The van der Waals surface area contributed by atoms with Gasteiger partial charge in [-0.25, -0.2) is 0 Å². The lowest BCUT2D eigenvalue weighted by Gasteiger charge is -2.20. The highest BCUT2D eigenvalue weighted by Crippen LogP contribution is 2.26. The number of aliphatic hydroxyl groups excluding tert-OH is 1. The van der Waals surface area contributed by atoms with Crippen LogP contribution in [0, 0.1) is 0 Å². The van der Waals surface area contributed by atoms with Gasteiger partial charge >= 0.3 is 0 Å². The van der Waals surface area contributed by atoms with Gasteiger partial charge in [0.05, 0.1) is 12.5 Å². The predicted octanol–water partition coefficient (Wildman–Crippen LogP) is 3.02. The van der Waals surface area contributed by atoms with E-state index in [2.05, 4.69) is 17.1 Å². The molecule has 0 heterocycles. The Labute approximate surface area is 141 Å². The van der Waals surface area contributed by atoms with Crippen LogP contribution in [0.15, 0.2) is 18.2 Å². The van der Waals surface area contributed by atoms with E-state index in [1.165, 1.54) is 12.8 Å². The summed E-state index contributed by atoms with van der Waals surface area (Å²) in [6, 6.07) is 5.53. The van der Waals surface area contributed by atoms with Crippen LogP contribution in [-0.4, -0.2) is 41.6 Å². The number of nitrogens with zero attached hydrogens (tertiary/aromatic N) is 1. The van der Waals surface area contributed by atoms with Gasteiger partial charge in [-0.2, -0.15) is 0 Å². The standard InChI is InChI=1S/C16H22Cl2N2O2/c1-2-20(14-3-4-14)6-5-19-16(22)10-15(21)11-7-12(17)9-13(18)8-11/h7-9,14-15,21H,2-6,10H2,1H3,(H,19,22). The number of carbonyl (C=O) groups excluding carboxylic acids is 1. The first kappa shape index (κ1) is 17.5. The van der Waals surface area contributed by atoms with Crippen molar-refractivity contribution in [3.63, 3.8) is 0 Å². The number of carbonyl (C=O) groups is 1. The molecule has 0 bridgehead atoms. The molecule has 1 amide bonds. The molecule has 2 N–H and O–H groups in total. The lowest BCUT2D eigenvalue weighted by atomic mass is 10.1. The van der Waals surface area contributed by atoms with E-state index in [1.54, 1.807) is 18.2 Å². The average molecular weight is 345 g/mol. The molecule has 1 aliphatic carbocycles. The third-order valence-corrected chi connectivity index (χ3v) is 4.28. The molecule has 1 aromatic carbocycles. The Morgan fingerprint density at radius 2 is 2.00 bits per heavy atom. The monoisotopic (exact) mass is 344 g/mol. The number of amides is 1. The molecule has 0 aromatic heterocycles. The Balaban J connectivity index is 1.75. The molecule has 0 radical (unpaired) electrons. The number of halogens is 2. The maximum absolute atomic E-state index is 11.9. The number of hydrogen-bond acceptors (Lipinski definition) is 3. The molecular weight excluding hydrogens is 323 g/mol. The summed E-state index contributed by atoms with van der Waals surface area (Å²) >= 11 is 11.8. The first-order valence-electron chi connectivity index (χ1n) is 7.64. The van der Waals surface area contributed by atoms with Crippen molar-refractivity contribution >= 4 is 29.1 Å². The first-order chi connectivity index (χ1) is 10.5. The number of nitrogens with one attached hydrogen (secondary N) is 1. The van der Waals surface area contributed by atoms with Crippen molar-refractivity contribution in [1.82, 2.24) is 10.2 Å². The summed E-state index contributed by atoms with van der Waals surface area (Å²) in [6.45, 7) is 4.59. The van der Waals surface area contributed by atoms with E-state index in [9.17, 15) is 9.90 Å². The molecule has 2 rings (SSSR count). The number of likely N-dealkylation sites (N-methyl/N-ethyl adjacent to an activating group) is 1. The summed E-state index contributed by atoms with van der Waals surface area (Å²) in [5, 5.41) is 13.9. The Hall–Kier alpha value is -0.810. The van der Waals surface area contributed by atoms with Crippen molar-refractivity contribution in [2.75, 3.05) is 19.6 Å². The van der Waals surface area contributed by atoms with E-state index in [4.69, 9.17) is 23.2 Å². The molecule has 122 valence electrons. The molecule has 1 unspecified atom stereocenters. The van der Waals surface area contributed by atoms with Gasteiger partial charge in [0.25, 0.3) is 0 Å². The second-order valence-electron chi connectivity index (χ2n) is 5.63. The van der Waals surface area contributed by atoms with Crippen LogP contribution in [0.3, 0.4) is 0 Å². The number of rotatable bonds is 8. The summed E-state index contributed by atoms with van der Waals surface area (Å²) < 4.78 is 0. The molecule has 1 atom stereocenters. The summed E-state index contributed by atoms with van der Waals surface area (Å²) in [6.07, 6.45) is 1.63. The van der Waals surface area contributed by atoms with Gasteiger partial charge in [-0.1, -0.05) is 30.1 Å². The fourth-order valence-corrected chi connectivity index (χ4v) is 3.05. The molecule has 0 spiro atoms. The molecular formula is C16H22Cl2N2O2. The second kappa shape index (κ2) is 8.16. The van der Waals surface area contributed by atoms with Crippen LogP contribution < -0.4 is 5.32 Å². The van der Waals surface area contributed by atoms with E-state index in [-0.39, 0.29) is 12.3 Å². The fraction of sp³-hybridized carbons (Fsp3) is 0.562. The highest BCUT2D eigenvalue weighted by atomic mass is 35.5. The van der Waals surface area contributed by atoms with Crippen LogP contribution in [0.2, 0.25) is 10.0 Å². The topological polar surface area (TPSA) is 52.6 Å². The van der Waals surface area contributed by atoms with Gasteiger partial charge in [-0.05, 0) is 43.1 Å². The van der Waals surface area contributed by atoms with Crippen molar-refractivity contribution in [1.29, 1.82) is 0 Å². The zero-order valence-electron chi connectivity index (χ0n) is 12.7. The van der Waals surface area contributed by atoms with E-state index in [0.29, 0.717) is 28.2 Å². The largest absolute Gasteiger partial charge is 0.388 e. The quantitative estimate of drug-likeness (QED) is 0.762. The minimum Gasteiger partial charge on any atom is -0.388 e. The zero-order valence-corrected chi connectivity index (χ0v) is 14.2. The second-order valence-corrected chi connectivity index (χ2v) is 6.51. The van der Waals surface area contributed by atoms with E-state index >= 15 is 0 Å². The third kappa shape index (κ3) is 5.43. The molecule has 1 fully saturated rings. The molecule has 1 saturated carbocycles. The maximum atomic E-state index is 11.9. The van der Waals surface area contributed by atoms with E-state index in [0.717, 1.165) is 13.1 Å². The Kier molecular flexibility index (Phi) is 6.50. The van der Waals surface area contributed by atoms with Gasteiger partial charge in [-0.3, -0.25) is 9.69 Å². The summed E-state index contributed by atoms with van der Waals surface area (Å²) in [5.41, 5.74) is 0.556. The van der Waals surface area contributed by atoms with Crippen LogP contribution in [0.1, 0.15) is 37.9 Å². The van der Waals surface area contributed by atoms with Gasteiger partial charge in [0.1, 0.15) is 0 Å². The van der Waals surface area contributed by atoms with Gasteiger partial charge in [-0.15, -0.1) is 0 Å². The van der Waals surface area contributed by atoms with E-state index in [1.807, 2.05) is 0 Å². The minimum absolute atomic E-state index is 0.00618. The van der Waals surface area contributed by atoms with Gasteiger partial charge < -0.3 is 10.4 Å². The van der Waals surface area contributed by atoms with Crippen LogP contribution >= 0.6 is 23.2 Å². The molecule has 1 aromatic rings. The molecule has 22 heavy (non-hydrogen) atoms. The Morgan fingerprint density at radius 1 is 1.36 bits per heavy atom. The highest BCUT2D eigenvalue weighted by Gasteiger charge is 2.27. The van der Waals surface area contributed by atoms with Gasteiger partial charge in [0.2, 0.25) is 5.91 Å². The van der Waals surface area contributed by atoms with Crippen LogP contribution in [0.25, 0.3) is 0 Å². The van der Waals surface area contributed by atoms with Crippen molar-refractivity contribution < 1.29 is 9.90 Å². The van der Waals surface area contributed by atoms with Gasteiger partial charge in [0, 0.05) is 29.2 Å². The normalized spacial score (nSPS) is 15.9. The molecule has 0 saturated heterocycles. The minimum atomic E-state index is -0.901. The lowest BCUT2D eigenvalue weighted by molar-refractivity contribution is -0.123. The number of benzene rings is 1. The van der Waals surface area contributed by atoms with E-state index < -0.39 is 6.10 Å². The molecule has 1 aliphatic rings. The molecule has 6 heteroatoms. The van der Waals surface area contributed by atoms with Crippen LogP contribution in [-0.2, 0) is 4.79 Å². The summed E-state index contributed by atoms with van der Waals surface area (Å²) in [4.78, 5) is 14.3. The highest BCUT2D eigenvalue weighted by molar-refractivity contribution is 6.34. The van der Waals surface area contributed by atoms with Crippen molar-refractivity contribution in [2.45, 2.75) is 38.3 Å². The van der Waals surface area contributed by atoms with Crippen molar-refractivity contribution in [3.05, 3.63) is 33.8 Å². The third-order valence-electron chi connectivity index (χ3n) is 3.84. The van der Waals surface area contributed by atoms with Crippen LogP contribution in [0.5, 0.6) is 0 Å². The SMILES string of the molecule is CCN(CCNC(=O)CC(O)c1cc(Cl)cc(Cl)c1)C1CC1. The molecule has 0 aliphatic heterocycles. The maximum Gasteiger partial charge on any atom is 0.223 e. The van der Waals surface area contributed by atoms with Crippen molar-refractivity contribution in [2.24, 2.45) is 0 Å². The van der Waals surface area contributed by atoms with Gasteiger partial charge in [0.15, 0.2) is 0 Å². The summed E-state index contributed by atoms with van der Waals surface area (Å²) in [5.74, 6) is -0.171. The summed E-state index contributed by atoms with van der Waals surface area (Å²) in [7, 11) is 0. The first-order valence-corrected chi connectivity index (χ1v) is 8.40. The Bertz CT molecular complexity index is 501. The number of hydrogen-bond donors (Lipinski definition) is 2. The smallest absolute Gasteiger partial charge is 0.223 e.